The quantitative estimate of drug-likeness (QED) is 0.926. The molecule has 0 spiro atoms. The Balaban J connectivity index is 1.79. The van der Waals surface area contributed by atoms with Crippen molar-refractivity contribution in [1.29, 1.82) is 0 Å². The molecule has 2 unspecified atom stereocenters. The number of nitrogens with one attached hydrogen (secondary N) is 1. The molecule has 0 radical (unpaired) electrons. The molecule has 116 valence electrons. The van der Waals surface area contributed by atoms with E-state index in [0.29, 0.717) is 18.6 Å². The van der Waals surface area contributed by atoms with Crippen LogP contribution >= 0.6 is 0 Å². The van der Waals surface area contributed by atoms with Crippen LogP contribution < -0.4 is 5.32 Å². The van der Waals surface area contributed by atoms with E-state index in [1.54, 1.807) is 0 Å². The zero-order valence-corrected chi connectivity index (χ0v) is 13.2. The summed E-state index contributed by atoms with van der Waals surface area (Å²) >= 11 is 0. The largest absolute Gasteiger partial charge is 0.445 e. The number of benzene rings is 1. The van der Waals surface area contributed by atoms with E-state index >= 15 is 0 Å². The lowest BCUT2D eigenvalue weighted by molar-refractivity contribution is 0.0999. The first-order chi connectivity index (χ1) is 10.0. The predicted octanol–water partition coefficient (Wildman–Crippen LogP) is 3.03. The molecule has 2 atom stereocenters. The number of hydrogen-bond acceptors (Lipinski definition) is 3. The van der Waals surface area contributed by atoms with Gasteiger partial charge in [-0.15, -0.1) is 0 Å². The van der Waals surface area contributed by atoms with Crippen LogP contribution in [-0.4, -0.2) is 36.2 Å². The third-order valence-corrected chi connectivity index (χ3v) is 3.95. The topological polar surface area (TPSA) is 41.6 Å². The Morgan fingerprint density at radius 2 is 2.05 bits per heavy atom. The van der Waals surface area contributed by atoms with Gasteiger partial charge in [0.15, 0.2) is 0 Å². The van der Waals surface area contributed by atoms with Gasteiger partial charge in [-0.05, 0) is 31.7 Å². The van der Waals surface area contributed by atoms with Crippen molar-refractivity contribution in [2.45, 2.75) is 45.9 Å². The molecule has 0 aromatic heterocycles. The first kappa shape index (κ1) is 15.8. The van der Waals surface area contributed by atoms with Crippen molar-refractivity contribution >= 4 is 6.09 Å². The van der Waals surface area contributed by atoms with Crippen LogP contribution in [0.25, 0.3) is 0 Å². The van der Waals surface area contributed by atoms with Gasteiger partial charge in [0.05, 0.1) is 0 Å². The number of carbonyl (C=O) groups is 1. The van der Waals surface area contributed by atoms with Gasteiger partial charge >= 0.3 is 6.09 Å². The van der Waals surface area contributed by atoms with Crippen molar-refractivity contribution < 1.29 is 9.53 Å². The van der Waals surface area contributed by atoms with Gasteiger partial charge in [0.1, 0.15) is 6.61 Å². The fourth-order valence-corrected chi connectivity index (χ4v) is 2.85. The Labute approximate surface area is 127 Å². The van der Waals surface area contributed by atoms with Gasteiger partial charge in [0, 0.05) is 25.2 Å². The van der Waals surface area contributed by atoms with E-state index in [2.05, 4.69) is 31.0 Å². The molecule has 0 saturated carbocycles. The summed E-state index contributed by atoms with van der Waals surface area (Å²) in [4.78, 5) is 14.3. The summed E-state index contributed by atoms with van der Waals surface area (Å²) in [5.74, 6) is 0.598. The van der Waals surface area contributed by atoms with E-state index in [1.807, 2.05) is 30.3 Å². The highest BCUT2D eigenvalue weighted by Gasteiger charge is 2.27. The molecule has 0 aliphatic carbocycles. The second-order valence-corrected chi connectivity index (χ2v) is 6.29. The summed E-state index contributed by atoms with van der Waals surface area (Å²) in [6.45, 7) is 8.96. The Morgan fingerprint density at radius 1 is 1.33 bits per heavy atom. The molecular weight excluding hydrogens is 264 g/mol. The second kappa shape index (κ2) is 7.46. The summed E-state index contributed by atoms with van der Waals surface area (Å²) in [6.07, 6.45) is 0.700. The summed E-state index contributed by atoms with van der Waals surface area (Å²) in [5.41, 5.74) is 1.01. The summed E-state index contributed by atoms with van der Waals surface area (Å²) in [6, 6.07) is 10.4. The highest BCUT2D eigenvalue weighted by Crippen LogP contribution is 2.18. The molecule has 1 aromatic carbocycles. The summed E-state index contributed by atoms with van der Waals surface area (Å²) in [7, 11) is 0. The number of carbonyl (C=O) groups excluding carboxylic acids is 1. The molecule has 1 saturated heterocycles. The number of rotatable bonds is 4. The predicted molar refractivity (Wildman–Crippen MR) is 84.0 cm³/mol. The molecule has 0 bridgehead atoms. The smallest absolute Gasteiger partial charge is 0.407 e. The Morgan fingerprint density at radius 3 is 2.71 bits per heavy atom. The molecule has 21 heavy (non-hydrogen) atoms. The SMILES string of the molecule is CC1CC(NC(=O)OCc2ccccc2)CN(C(C)C)C1. The van der Waals surface area contributed by atoms with Gasteiger partial charge in [0.2, 0.25) is 0 Å². The number of alkyl carbamates (subject to hydrolysis) is 1. The Kier molecular flexibility index (Phi) is 5.62. The lowest BCUT2D eigenvalue weighted by atomic mass is 9.95. The third-order valence-electron chi connectivity index (χ3n) is 3.95. The number of amides is 1. The average Bonchev–Trinajstić information content (AvgIpc) is 2.45. The van der Waals surface area contributed by atoms with Crippen LogP contribution in [0.15, 0.2) is 30.3 Å². The molecular formula is C17H26N2O2. The maximum Gasteiger partial charge on any atom is 0.407 e. The summed E-state index contributed by atoms with van der Waals surface area (Å²) in [5, 5.41) is 3.00. The van der Waals surface area contributed by atoms with E-state index in [1.165, 1.54) is 0 Å². The van der Waals surface area contributed by atoms with E-state index in [9.17, 15) is 4.79 Å². The van der Waals surface area contributed by atoms with Crippen molar-refractivity contribution in [2.24, 2.45) is 5.92 Å². The molecule has 1 aliphatic heterocycles. The van der Waals surface area contributed by atoms with Crippen LogP contribution in [0.1, 0.15) is 32.8 Å². The Bertz CT molecular complexity index is 447. The van der Waals surface area contributed by atoms with Gasteiger partial charge in [-0.2, -0.15) is 0 Å². The van der Waals surface area contributed by atoms with Gasteiger partial charge in [-0.3, -0.25) is 4.90 Å². The van der Waals surface area contributed by atoms with Crippen LogP contribution in [0.5, 0.6) is 0 Å². The highest BCUT2D eigenvalue weighted by molar-refractivity contribution is 5.67. The molecule has 4 nitrogen and oxygen atoms in total. The van der Waals surface area contributed by atoms with Crippen LogP contribution in [0.3, 0.4) is 0 Å². The third kappa shape index (κ3) is 5.05. The first-order valence-electron chi connectivity index (χ1n) is 7.76. The highest BCUT2D eigenvalue weighted by atomic mass is 16.5. The molecule has 4 heteroatoms. The van der Waals surface area contributed by atoms with Crippen molar-refractivity contribution in [3.05, 3.63) is 35.9 Å². The molecule has 1 aliphatic rings. The number of likely N-dealkylation sites (tertiary alicyclic amines) is 1. The van der Waals surface area contributed by atoms with E-state index in [0.717, 1.165) is 25.1 Å². The van der Waals surface area contributed by atoms with Gasteiger partial charge in [0.25, 0.3) is 0 Å². The van der Waals surface area contributed by atoms with Gasteiger partial charge < -0.3 is 10.1 Å². The van der Waals surface area contributed by atoms with Crippen molar-refractivity contribution in [3.63, 3.8) is 0 Å². The van der Waals surface area contributed by atoms with Crippen LogP contribution in [0.4, 0.5) is 4.79 Å². The molecule has 1 fully saturated rings. The Hall–Kier alpha value is -1.55. The van der Waals surface area contributed by atoms with Crippen molar-refractivity contribution in [2.75, 3.05) is 13.1 Å². The first-order valence-corrected chi connectivity index (χ1v) is 7.76. The van der Waals surface area contributed by atoms with Crippen LogP contribution in [-0.2, 0) is 11.3 Å². The second-order valence-electron chi connectivity index (χ2n) is 6.29. The van der Waals surface area contributed by atoms with E-state index in [4.69, 9.17) is 4.74 Å². The standard InChI is InChI=1S/C17H26N2O2/c1-13(2)19-10-14(3)9-16(11-19)18-17(20)21-12-15-7-5-4-6-8-15/h4-8,13-14,16H,9-12H2,1-3H3,(H,18,20). The zero-order chi connectivity index (χ0) is 15.2. The molecule has 1 aromatic rings. The minimum atomic E-state index is -0.318. The fourth-order valence-electron chi connectivity index (χ4n) is 2.85. The normalized spacial score (nSPS) is 23.0. The molecule has 2 rings (SSSR count). The number of hydrogen-bond donors (Lipinski definition) is 1. The zero-order valence-electron chi connectivity index (χ0n) is 13.2. The summed E-state index contributed by atoms with van der Waals surface area (Å²) < 4.78 is 5.29. The van der Waals surface area contributed by atoms with Crippen LogP contribution in [0, 0.1) is 5.92 Å². The molecule has 1 amide bonds. The van der Waals surface area contributed by atoms with E-state index in [-0.39, 0.29) is 12.1 Å². The maximum atomic E-state index is 11.9. The molecule has 1 heterocycles. The van der Waals surface area contributed by atoms with Gasteiger partial charge in [-0.1, -0.05) is 37.3 Å². The lowest BCUT2D eigenvalue weighted by Crippen LogP contribution is -2.52. The lowest BCUT2D eigenvalue weighted by Gasteiger charge is -2.38. The number of ether oxygens (including phenoxy) is 1. The number of piperidine rings is 1. The monoisotopic (exact) mass is 290 g/mol. The van der Waals surface area contributed by atoms with Gasteiger partial charge in [-0.25, -0.2) is 4.79 Å². The molecule has 1 N–H and O–H groups in total. The fraction of sp³-hybridized carbons (Fsp3) is 0.588. The van der Waals surface area contributed by atoms with Crippen LogP contribution in [0.2, 0.25) is 0 Å². The minimum Gasteiger partial charge on any atom is -0.445 e. The average molecular weight is 290 g/mol. The van der Waals surface area contributed by atoms with Crippen molar-refractivity contribution in [3.8, 4) is 0 Å². The minimum absolute atomic E-state index is 0.180. The maximum absolute atomic E-state index is 11.9. The van der Waals surface area contributed by atoms with E-state index < -0.39 is 0 Å². The van der Waals surface area contributed by atoms with Crippen molar-refractivity contribution in [1.82, 2.24) is 10.2 Å². The number of nitrogens with zero attached hydrogens (tertiary/aromatic N) is 1.